The predicted molar refractivity (Wildman–Crippen MR) is 57.5 cm³/mol. The van der Waals surface area contributed by atoms with Crippen LogP contribution in [0.15, 0.2) is 24.5 Å². The molecule has 5 heteroatoms. The number of carbonyl (C=O) groups is 1. The first-order chi connectivity index (χ1) is 7.24. The zero-order valence-corrected chi connectivity index (χ0v) is 8.89. The highest BCUT2D eigenvalue weighted by atomic mass is 16.3. The highest BCUT2D eigenvalue weighted by Gasteiger charge is 2.05. The van der Waals surface area contributed by atoms with Crippen LogP contribution in [-0.4, -0.2) is 47.3 Å². The van der Waals surface area contributed by atoms with E-state index in [1.54, 1.807) is 7.05 Å². The molecule has 1 heterocycles. The molecule has 0 aliphatic carbocycles. The van der Waals surface area contributed by atoms with Gasteiger partial charge in [0.15, 0.2) is 0 Å². The van der Waals surface area contributed by atoms with Gasteiger partial charge in [0.2, 0.25) is 0 Å². The van der Waals surface area contributed by atoms with Crippen LogP contribution in [0.3, 0.4) is 0 Å². The fraction of sp³-hybridized carbons (Fsp3) is 0.500. The summed E-state index contributed by atoms with van der Waals surface area (Å²) in [6.45, 7) is 1.69. The molecule has 1 aromatic heterocycles. The number of aliphatic hydroxyl groups is 1. The molecule has 0 aromatic carbocycles. The first kappa shape index (κ1) is 11.6. The van der Waals surface area contributed by atoms with Crippen molar-refractivity contribution in [3.63, 3.8) is 0 Å². The van der Waals surface area contributed by atoms with Gasteiger partial charge in [0, 0.05) is 39.1 Å². The summed E-state index contributed by atoms with van der Waals surface area (Å²) < 4.78 is 1.99. The number of urea groups is 1. The molecule has 0 spiro atoms. The fourth-order valence-corrected chi connectivity index (χ4v) is 1.20. The van der Waals surface area contributed by atoms with E-state index in [0.29, 0.717) is 13.1 Å². The van der Waals surface area contributed by atoms with E-state index in [9.17, 15) is 4.79 Å². The molecule has 0 aliphatic heterocycles. The van der Waals surface area contributed by atoms with E-state index in [0.717, 1.165) is 6.54 Å². The van der Waals surface area contributed by atoms with Gasteiger partial charge in [-0.2, -0.15) is 0 Å². The van der Waals surface area contributed by atoms with E-state index in [1.165, 1.54) is 4.90 Å². The van der Waals surface area contributed by atoms with Gasteiger partial charge in [-0.05, 0) is 12.1 Å². The SMILES string of the molecule is CN(CCO)C(=O)NCCn1cccc1. The Kier molecular flexibility index (Phi) is 4.70. The second-order valence-electron chi connectivity index (χ2n) is 3.30. The summed E-state index contributed by atoms with van der Waals surface area (Å²) in [6.07, 6.45) is 3.90. The highest BCUT2D eigenvalue weighted by molar-refractivity contribution is 5.73. The predicted octanol–water partition coefficient (Wildman–Crippen LogP) is 0.122. The third kappa shape index (κ3) is 4.03. The number of carbonyl (C=O) groups excluding carboxylic acids is 1. The lowest BCUT2D eigenvalue weighted by Crippen LogP contribution is -2.39. The van der Waals surface area contributed by atoms with Gasteiger partial charge >= 0.3 is 6.03 Å². The van der Waals surface area contributed by atoms with Crippen molar-refractivity contribution in [1.29, 1.82) is 0 Å². The number of nitrogens with one attached hydrogen (secondary N) is 1. The Balaban J connectivity index is 2.17. The number of rotatable bonds is 5. The maximum atomic E-state index is 11.4. The van der Waals surface area contributed by atoms with E-state index >= 15 is 0 Å². The Labute approximate surface area is 89.3 Å². The number of nitrogens with zero attached hydrogens (tertiary/aromatic N) is 2. The molecule has 1 rings (SSSR count). The van der Waals surface area contributed by atoms with Crippen molar-refractivity contribution in [2.75, 3.05) is 26.7 Å². The van der Waals surface area contributed by atoms with Gasteiger partial charge < -0.3 is 19.9 Å². The van der Waals surface area contributed by atoms with Crippen LogP contribution < -0.4 is 5.32 Å². The topological polar surface area (TPSA) is 57.5 Å². The molecule has 2 amide bonds. The molecular formula is C10H17N3O2. The van der Waals surface area contributed by atoms with Crippen LogP contribution in [0.2, 0.25) is 0 Å². The van der Waals surface area contributed by atoms with Crippen molar-refractivity contribution in [1.82, 2.24) is 14.8 Å². The van der Waals surface area contributed by atoms with Crippen molar-refractivity contribution in [3.8, 4) is 0 Å². The Morgan fingerprint density at radius 3 is 2.73 bits per heavy atom. The number of hydrogen-bond acceptors (Lipinski definition) is 2. The van der Waals surface area contributed by atoms with Crippen molar-refractivity contribution in [2.24, 2.45) is 0 Å². The molecule has 0 atom stereocenters. The van der Waals surface area contributed by atoms with Crippen LogP contribution in [0, 0.1) is 0 Å². The van der Waals surface area contributed by atoms with Crippen LogP contribution in [0.5, 0.6) is 0 Å². The minimum absolute atomic E-state index is 0.0124. The molecule has 84 valence electrons. The summed E-state index contributed by atoms with van der Waals surface area (Å²) in [4.78, 5) is 12.8. The van der Waals surface area contributed by atoms with E-state index < -0.39 is 0 Å². The molecule has 0 bridgehead atoms. The van der Waals surface area contributed by atoms with Crippen LogP contribution in [0.4, 0.5) is 4.79 Å². The lowest BCUT2D eigenvalue weighted by atomic mass is 10.5. The minimum Gasteiger partial charge on any atom is -0.395 e. The van der Waals surface area contributed by atoms with E-state index in [2.05, 4.69) is 5.32 Å². The summed E-state index contributed by atoms with van der Waals surface area (Å²) in [5, 5.41) is 11.4. The third-order valence-electron chi connectivity index (χ3n) is 2.09. The largest absolute Gasteiger partial charge is 0.395 e. The molecule has 0 aliphatic rings. The van der Waals surface area contributed by atoms with Gasteiger partial charge in [0.25, 0.3) is 0 Å². The molecule has 0 saturated heterocycles. The van der Waals surface area contributed by atoms with Gasteiger partial charge in [-0.1, -0.05) is 0 Å². The quantitative estimate of drug-likeness (QED) is 0.727. The average molecular weight is 211 g/mol. The lowest BCUT2D eigenvalue weighted by Gasteiger charge is -2.16. The van der Waals surface area contributed by atoms with Crippen LogP contribution in [-0.2, 0) is 6.54 Å². The monoisotopic (exact) mass is 211 g/mol. The number of amides is 2. The summed E-state index contributed by atoms with van der Waals surface area (Å²) in [5.74, 6) is 0. The highest BCUT2D eigenvalue weighted by Crippen LogP contribution is 1.89. The molecule has 0 radical (unpaired) electrons. The van der Waals surface area contributed by atoms with Crippen molar-refractivity contribution in [2.45, 2.75) is 6.54 Å². The van der Waals surface area contributed by atoms with Crippen molar-refractivity contribution >= 4 is 6.03 Å². The summed E-state index contributed by atoms with van der Waals surface area (Å²) in [7, 11) is 1.65. The summed E-state index contributed by atoms with van der Waals surface area (Å²) >= 11 is 0. The Morgan fingerprint density at radius 2 is 2.13 bits per heavy atom. The molecule has 2 N–H and O–H groups in total. The van der Waals surface area contributed by atoms with E-state index in [4.69, 9.17) is 5.11 Å². The molecule has 0 fully saturated rings. The van der Waals surface area contributed by atoms with Crippen LogP contribution in [0.1, 0.15) is 0 Å². The normalized spacial score (nSPS) is 10.0. The van der Waals surface area contributed by atoms with Crippen LogP contribution in [0.25, 0.3) is 0 Å². The first-order valence-electron chi connectivity index (χ1n) is 4.94. The number of hydrogen-bond donors (Lipinski definition) is 2. The molecule has 0 unspecified atom stereocenters. The first-order valence-corrected chi connectivity index (χ1v) is 4.94. The minimum atomic E-state index is -0.156. The standard InChI is InChI=1S/C10H17N3O2/c1-12(8-9-14)10(15)11-4-7-13-5-2-3-6-13/h2-3,5-6,14H,4,7-9H2,1H3,(H,11,15). The van der Waals surface area contributed by atoms with Gasteiger partial charge in [-0.15, -0.1) is 0 Å². The number of likely N-dealkylation sites (N-methyl/N-ethyl adjacent to an activating group) is 1. The lowest BCUT2D eigenvalue weighted by molar-refractivity contribution is 0.190. The smallest absolute Gasteiger partial charge is 0.317 e. The average Bonchev–Trinajstić information content (AvgIpc) is 2.71. The second-order valence-corrected chi connectivity index (χ2v) is 3.30. The molecule has 5 nitrogen and oxygen atoms in total. The summed E-state index contributed by atoms with van der Waals surface area (Å²) in [6, 6.07) is 3.73. The Morgan fingerprint density at radius 1 is 1.47 bits per heavy atom. The number of aromatic nitrogens is 1. The van der Waals surface area contributed by atoms with Gasteiger partial charge in [-0.25, -0.2) is 4.79 Å². The van der Waals surface area contributed by atoms with Crippen LogP contribution >= 0.6 is 0 Å². The van der Waals surface area contributed by atoms with Crippen molar-refractivity contribution < 1.29 is 9.90 Å². The summed E-state index contributed by atoms with van der Waals surface area (Å²) in [5.41, 5.74) is 0. The van der Waals surface area contributed by atoms with E-state index in [-0.39, 0.29) is 12.6 Å². The number of aliphatic hydroxyl groups excluding tert-OH is 1. The van der Waals surface area contributed by atoms with Gasteiger partial charge in [-0.3, -0.25) is 0 Å². The fourth-order valence-electron chi connectivity index (χ4n) is 1.20. The molecule has 1 aromatic rings. The molecule has 15 heavy (non-hydrogen) atoms. The third-order valence-corrected chi connectivity index (χ3v) is 2.09. The molecular weight excluding hydrogens is 194 g/mol. The molecule has 0 saturated carbocycles. The maximum absolute atomic E-state index is 11.4. The van der Waals surface area contributed by atoms with Gasteiger partial charge in [0.05, 0.1) is 6.61 Å². The Bertz CT molecular complexity index is 285. The zero-order valence-electron chi connectivity index (χ0n) is 8.89. The zero-order chi connectivity index (χ0) is 11.1. The second kappa shape index (κ2) is 6.08. The maximum Gasteiger partial charge on any atom is 0.317 e. The van der Waals surface area contributed by atoms with Crippen molar-refractivity contribution in [3.05, 3.63) is 24.5 Å². The van der Waals surface area contributed by atoms with Gasteiger partial charge in [0.1, 0.15) is 0 Å². The van der Waals surface area contributed by atoms with E-state index in [1.807, 2.05) is 29.1 Å². The Hall–Kier alpha value is -1.49.